The van der Waals surface area contributed by atoms with Crippen molar-refractivity contribution < 1.29 is 27.9 Å². The third-order valence-corrected chi connectivity index (χ3v) is 0.851. The van der Waals surface area contributed by atoms with Gasteiger partial charge >= 0.3 is 59.6 Å². The second kappa shape index (κ2) is 8.20. The maximum absolute atomic E-state index is 11.1. The molecule has 0 saturated heterocycles. The van der Waals surface area contributed by atoms with Crippen LogP contribution in [0.2, 0.25) is 0 Å². The fourth-order valence-electron chi connectivity index (χ4n) is 0. The molecule has 1 unspecified atom stereocenters. The fraction of sp³-hybridized carbons (Fsp3) is 1.00. The van der Waals surface area contributed by atoms with Crippen LogP contribution >= 0.6 is 8.60 Å². The predicted molar refractivity (Wildman–Crippen MR) is 30.2 cm³/mol. The summed E-state index contributed by atoms with van der Waals surface area (Å²) in [5.74, 6) is 0. The molecule has 0 aliphatic carbocycles. The Morgan fingerprint density at radius 1 is 1.10 bits per heavy atom. The number of hydrogen-bond donors (Lipinski definition) is 3. The van der Waals surface area contributed by atoms with E-state index in [9.17, 15) is 13.2 Å². The minimum atomic E-state index is -2.75. The molecule has 0 aliphatic rings. The van der Waals surface area contributed by atoms with E-state index < -0.39 is 18.4 Å². The molecule has 0 rings (SSSR count). The monoisotopic (exact) mass is 188 g/mol. The minimum absolute atomic E-state index is 0.0633. The van der Waals surface area contributed by atoms with Gasteiger partial charge in [-0.3, -0.25) is 0 Å². The van der Waals surface area contributed by atoms with Crippen molar-refractivity contribution in [3.8, 4) is 0 Å². The van der Waals surface area contributed by atoms with Gasteiger partial charge in [0.25, 0.3) is 0 Å². The summed E-state index contributed by atoms with van der Waals surface area (Å²) in [5.41, 5.74) is 0. The molecule has 0 bridgehead atoms. The van der Waals surface area contributed by atoms with Crippen LogP contribution in [0.15, 0.2) is 0 Å². The van der Waals surface area contributed by atoms with E-state index in [0.29, 0.717) is 0 Å². The number of alkyl halides is 3. The number of rotatable bonds is 1. The third-order valence-electron chi connectivity index (χ3n) is 0.347. The van der Waals surface area contributed by atoms with Gasteiger partial charge in [0.15, 0.2) is 0 Å². The molecule has 0 aromatic carbocycles. The van der Waals surface area contributed by atoms with Gasteiger partial charge in [-0.1, -0.05) is 0 Å². The Labute approximate surface area is 74.3 Å². The molecule has 0 radical (unpaired) electrons. The van der Waals surface area contributed by atoms with E-state index in [0.717, 1.165) is 0 Å². The fourth-order valence-corrected chi connectivity index (χ4v) is 0. The molecule has 0 amide bonds. The summed E-state index contributed by atoms with van der Waals surface area (Å²) in [6.07, 6.45) is -2.75. The smallest absolute Gasteiger partial charge is 0.324 e. The maximum Gasteiger partial charge on any atom is 0.324 e. The second-order valence-electron chi connectivity index (χ2n) is 1.28. The molecular formula is C2H5F3NaO3P. The Bertz CT molecular complexity index is 64.0. The van der Waals surface area contributed by atoms with Crippen molar-refractivity contribution in [3.05, 3.63) is 0 Å². The van der Waals surface area contributed by atoms with Gasteiger partial charge in [0.1, 0.15) is 0 Å². The van der Waals surface area contributed by atoms with Gasteiger partial charge in [-0.25, -0.2) is 0 Å². The van der Waals surface area contributed by atoms with Crippen LogP contribution in [0.4, 0.5) is 13.2 Å². The van der Waals surface area contributed by atoms with E-state index >= 15 is 0 Å². The zero-order valence-electron chi connectivity index (χ0n) is 5.08. The Morgan fingerprint density at radius 3 is 1.20 bits per heavy atom. The van der Waals surface area contributed by atoms with Crippen LogP contribution in [0.25, 0.3) is 0 Å². The minimum Gasteiger partial charge on any atom is -0.328 e. The summed E-state index contributed by atoms with van der Waals surface area (Å²) < 4.78 is 30.9. The van der Waals surface area contributed by atoms with Crippen molar-refractivity contribution >= 4 is 36.5 Å². The van der Waals surface area contributed by atoms with Gasteiger partial charge in [-0.2, -0.15) is 0 Å². The first kappa shape index (κ1) is 13.7. The molecule has 8 heteroatoms. The van der Waals surface area contributed by atoms with Gasteiger partial charge in [-0.15, -0.1) is 0 Å². The van der Waals surface area contributed by atoms with E-state index in [1.54, 1.807) is 0 Å². The summed E-state index contributed by atoms with van der Waals surface area (Å²) in [7, 11) is -2.62. The second-order valence-corrected chi connectivity index (χ2v) is 2.92. The van der Waals surface area contributed by atoms with Gasteiger partial charge < -0.3 is 14.7 Å². The van der Waals surface area contributed by atoms with Crippen LogP contribution in [0.5, 0.6) is 0 Å². The number of hydrogen-bond acceptors (Lipinski definition) is 3. The molecule has 1 atom stereocenters. The quantitative estimate of drug-likeness (QED) is 0.398. The van der Waals surface area contributed by atoms with Crippen molar-refractivity contribution in [2.75, 3.05) is 0 Å². The Kier molecular flexibility index (Phi) is 11.2. The molecule has 0 aromatic rings. The first-order valence-electron chi connectivity index (χ1n) is 2.17. The Hall–Kier alpha value is 1.10. The summed E-state index contributed by atoms with van der Waals surface area (Å²) in [6.45, 7) is 0. The molecule has 0 fully saturated rings. The van der Waals surface area contributed by atoms with Crippen molar-refractivity contribution in [1.82, 2.24) is 0 Å². The number of halogens is 3. The predicted octanol–water partition coefficient (Wildman–Crippen LogP) is -0.0942. The van der Waals surface area contributed by atoms with Crippen molar-refractivity contribution in [2.45, 2.75) is 9.85 Å². The molecule has 0 heterocycles. The molecule has 10 heavy (non-hydrogen) atoms. The maximum atomic E-state index is 11.1. The van der Waals surface area contributed by atoms with E-state index in [2.05, 4.69) is 0 Å². The molecule has 0 aromatic heterocycles. The average Bonchev–Trinajstić information content (AvgIpc) is 1.63. The van der Waals surface area contributed by atoms with E-state index in [-0.39, 0.29) is 27.9 Å². The first-order valence-corrected chi connectivity index (χ1v) is 4.52. The van der Waals surface area contributed by atoms with Crippen molar-refractivity contribution in [1.29, 1.82) is 0 Å². The zero-order chi connectivity index (χ0) is 8.73. The summed E-state index contributed by atoms with van der Waals surface area (Å²) in [4.78, 5) is 21.7. The molecule has 0 saturated carbocycles. The zero-order valence-corrected chi connectivity index (χ0v) is 7.97. The molecule has 58 valence electrons. The molecular weight excluding hydrogens is 183 g/mol. The van der Waals surface area contributed by atoms with E-state index in [1.165, 1.54) is 0 Å². The third kappa shape index (κ3) is 23.0. The normalized spacial score (nSPS) is 13.0. The SMILES string of the molecule is FC(F)[CH](F)[Na].OP(O)O. The molecule has 3 N–H and O–H groups in total. The average molecular weight is 188 g/mol. The standard InChI is InChI=1S/C2H2F3.Na.H3O3P/c3-1-2(4)5;;1-4(2)3/h1-2H;;1-3H. The van der Waals surface area contributed by atoms with Gasteiger partial charge in [0, 0.05) is 0 Å². The first-order chi connectivity index (χ1) is 4.37. The Morgan fingerprint density at radius 2 is 1.20 bits per heavy atom. The van der Waals surface area contributed by atoms with Crippen LogP contribution in [0.1, 0.15) is 0 Å². The van der Waals surface area contributed by atoms with Crippen molar-refractivity contribution in [2.24, 2.45) is 0 Å². The molecule has 0 aliphatic heterocycles. The van der Waals surface area contributed by atoms with Gasteiger partial charge in [0.2, 0.25) is 0 Å². The molecule has 3 nitrogen and oxygen atoms in total. The summed E-state index contributed by atoms with van der Waals surface area (Å²) >= 11 is -0.0633. The van der Waals surface area contributed by atoms with Crippen LogP contribution in [-0.2, 0) is 0 Å². The summed E-state index contributed by atoms with van der Waals surface area (Å²) in [6, 6.07) is 0. The topological polar surface area (TPSA) is 60.7 Å². The molecule has 0 spiro atoms. The van der Waals surface area contributed by atoms with Crippen LogP contribution in [0, 0.1) is 0 Å². The van der Waals surface area contributed by atoms with Gasteiger partial charge in [0.05, 0.1) is 0 Å². The van der Waals surface area contributed by atoms with Crippen LogP contribution < -0.4 is 0 Å². The summed E-state index contributed by atoms with van der Waals surface area (Å²) in [5, 5.41) is 0. The van der Waals surface area contributed by atoms with E-state index in [4.69, 9.17) is 14.7 Å². The van der Waals surface area contributed by atoms with E-state index in [1.807, 2.05) is 0 Å². The largest absolute Gasteiger partial charge is 0.328 e. The van der Waals surface area contributed by atoms with Gasteiger partial charge in [-0.05, 0) is 0 Å². The van der Waals surface area contributed by atoms with Crippen molar-refractivity contribution in [3.63, 3.8) is 0 Å². The van der Waals surface area contributed by atoms with Crippen LogP contribution in [0.3, 0.4) is 0 Å². The van der Waals surface area contributed by atoms with Crippen LogP contribution in [-0.4, -0.2) is 52.5 Å². The Balaban J connectivity index is 0.